The average Bonchev–Trinajstić information content (AvgIpc) is 2.66. The fraction of sp³-hybridized carbons (Fsp3) is 0.346. The van der Waals surface area contributed by atoms with E-state index in [4.69, 9.17) is 9.16 Å². The Morgan fingerprint density at radius 2 is 1.33 bits per heavy atom. The summed E-state index contributed by atoms with van der Waals surface area (Å²) in [6, 6.07) is 21.1. The molecule has 2 aromatic rings. The topological polar surface area (TPSA) is 35.5 Å². The zero-order chi connectivity index (χ0) is 22.3. The molecule has 0 spiro atoms. The van der Waals surface area contributed by atoms with Crippen molar-refractivity contribution in [3.8, 4) is 0 Å². The van der Waals surface area contributed by atoms with Crippen LogP contribution in [0.2, 0.25) is 5.04 Å². The molecule has 0 unspecified atom stereocenters. The van der Waals surface area contributed by atoms with E-state index in [1.165, 1.54) is 16.4 Å². The number of benzene rings is 2. The second-order valence-corrected chi connectivity index (χ2v) is 13.6. The van der Waals surface area contributed by atoms with Crippen LogP contribution in [-0.2, 0) is 14.0 Å². The minimum absolute atomic E-state index is 0.0596. The third kappa shape index (κ3) is 6.28. The van der Waals surface area contributed by atoms with Gasteiger partial charge in [0, 0.05) is 6.08 Å². The lowest BCUT2D eigenvalue weighted by Gasteiger charge is -2.42. The van der Waals surface area contributed by atoms with Crippen LogP contribution in [0.3, 0.4) is 0 Å². The van der Waals surface area contributed by atoms with E-state index in [1.807, 2.05) is 45.1 Å². The summed E-state index contributed by atoms with van der Waals surface area (Å²) in [6.45, 7) is 12.8. The van der Waals surface area contributed by atoms with Crippen LogP contribution in [0.4, 0.5) is 0 Å². The number of carbonyl (C=O) groups is 1. The Kier molecular flexibility index (Phi) is 7.99. The van der Waals surface area contributed by atoms with Crippen molar-refractivity contribution < 1.29 is 14.0 Å². The van der Waals surface area contributed by atoms with Crippen LogP contribution >= 0.6 is 0 Å². The molecule has 30 heavy (non-hydrogen) atoms. The quantitative estimate of drug-likeness (QED) is 0.272. The number of ether oxygens (including phenoxy) is 1. The van der Waals surface area contributed by atoms with Gasteiger partial charge in [-0.2, -0.15) is 0 Å². The summed E-state index contributed by atoms with van der Waals surface area (Å²) in [7, 11) is -2.53. The molecule has 3 nitrogen and oxygen atoms in total. The molecule has 2 rings (SSSR count). The Bertz CT molecular complexity index is 817. The van der Waals surface area contributed by atoms with Crippen LogP contribution in [-0.4, -0.2) is 26.5 Å². The fourth-order valence-electron chi connectivity index (χ4n) is 3.54. The van der Waals surface area contributed by atoms with E-state index >= 15 is 0 Å². The summed E-state index contributed by atoms with van der Waals surface area (Å²) in [4.78, 5) is 11.8. The molecule has 0 amide bonds. The second-order valence-electron chi connectivity index (χ2n) is 9.29. The molecule has 160 valence electrons. The van der Waals surface area contributed by atoms with Crippen LogP contribution in [0.1, 0.15) is 41.5 Å². The molecule has 0 aliphatic carbocycles. The third-order valence-electron chi connectivity index (χ3n) is 4.70. The first-order valence-corrected chi connectivity index (χ1v) is 12.3. The second kappa shape index (κ2) is 10.1. The molecule has 4 heteroatoms. The van der Waals surface area contributed by atoms with Crippen molar-refractivity contribution in [2.45, 2.75) is 52.2 Å². The standard InChI is InChI=1S/C26H34O3Si/c1-25(2,3)29-24(27)20-14-9-15-21-28-30(26(4,5)6,22-16-10-7-11-17-22)23-18-12-8-13-19-23/h7-20H,21H2,1-6H3/b15-9+,20-14+. The van der Waals surface area contributed by atoms with Gasteiger partial charge in [-0.05, 0) is 36.2 Å². The van der Waals surface area contributed by atoms with Crippen molar-refractivity contribution in [1.82, 2.24) is 0 Å². The van der Waals surface area contributed by atoms with Crippen molar-refractivity contribution in [3.63, 3.8) is 0 Å². The van der Waals surface area contributed by atoms with Gasteiger partial charge in [0.1, 0.15) is 5.60 Å². The van der Waals surface area contributed by atoms with Gasteiger partial charge in [0.2, 0.25) is 0 Å². The molecule has 0 N–H and O–H groups in total. The highest BCUT2D eigenvalue weighted by molar-refractivity contribution is 6.99. The monoisotopic (exact) mass is 422 g/mol. The van der Waals surface area contributed by atoms with Crippen molar-refractivity contribution in [2.75, 3.05) is 6.61 Å². The van der Waals surface area contributed by atoms with Crippen molar-refractivity contribution >= 4 is 24.7 Å². The lowest BCUT2D eigenvalue weighted by molar-refractivity contribution is -0.148. The zero-order valence-electron chi connectivity index (χ0n) is 19.0. The van der Waals surface area contributed by atoms with Gasteiger partial charge in [-0.25, -0.2) is 4.79 Å². The van der Waals surface area contributed by atoms with Crippen LogP contribution in [0.25, 0.3) is 0 Å². The van der Waals surface area contributed by atoms with E-state index in [9.17, 15) is 4.79 Å². The Labute approximate surface area is 182 Å². The minimum atomic E-state index is -2.53. The number of hydrogen-bond acceptors (Lipinski definition) is 3. The van der Waals surface area contributed by atoms with Gasteiger partial charge < -0.3 is 9.16 Å². The highest BCUT2D eigenvalue weighted by Gasteiger charge is 2.49. The zero-order valence-corrected chi connectivity index (χ0v) is 20.0. The summed E-state index contributed by atoms with van der Waals surface area (Å²) < 4.78 is 12.0. The van der Waals surface area contributed by atoms with E-state index in [-0.39, 0.29) is 11.0 Å². The molecule has 0 aliphatic heterocycles. The molecule has 0 fully saturated rings. The number of carbonyl (C=O) groups excluding carboxylic acids is 1. The molecule has 0 aromatic heterocycles. The Morgan fingerprint density at radius 3 is 1.77 bits per heavy atom. The molecule has 0 heterocycles. The van der Waals surface area contributed by atoms with Crippen molar-refractivity contribution in [2.24, 2.45) is 0 Å². The first-order chi connectivity index (χ1) is 14.1. The largest absolute Gasteiger partial charge is 0.457 e. The summed E-state index contributed by atoms with van der Waals surface area (Å²) in [5.41, 5.74) is -0.489. The van der Waals surface area contributed by atoms with Gasteiger partial charge in [0.25, 0.3) is 8.32 Å². The van der Waals surface area contributed by atoms with E-state index in [1.54, 1.807) is 6.08 Å². The predicted molar refractivity (Wildman–Crippen MR) is 128 cm³/mol. The van der Waals surface area contributed by atoms with E-state index in [0.717, 1.165) is 0 Å². The van der Waals surface area contributed by atoms with E-state index < -0.39 is 13.9 Å². The van der Waals surface area contributed by atoms with Crippen LogP contribution in [0.15, 0.2) is 85.0 Å². The number of rotatable bonds is 7. The lowest BCUT2D eigenvalue weighted by atomic mass is 10.2. The number of allylic oxidation sites excluding steroid dienone is 2. The van der Waals surface area contributed by atoms with E-state index in [0.29, 0.717) is 6.61 Å². The molecule has 0 saturated heterocycles. The molecule has 0 bridgehead atoms. The maximum atomic E-state index is 11.8. The molecular formula is C26H34O3Si. The van der Waals surface area contributed by atoms with Gasteiger partial charge in [0.05, 0.1) is 6.61 Å². The van der Waals surface area contributed by atoms with Gasteiger partial charge in [0.15, 0.2) is 0 Å². The van der Waals surface area contributed by atoms with Gasteiger partial charge in [-0.3, -0.25) is 0 Å². The SMILES string of the molecule is CC(C)(C)OC(=O)/C=C/C=C/CO[Si](c1ccccc1)(c1ccccc1)C(C)(C)C. The highest BCUT2D eigenvalue weighted by atomic mass is 28.4. The van der Waals surface area contributed by atoms with Gasteiger partial charge in [-0.1, -0.05) is 99.7 Å². The summed E-state index contributed by atoms with van der Waals surface area (Å²) in [6.07, 6.45) is 6.91. The fourth-order valence-corrected chi connectivity index (χ4v) is 8.04. The van der Waals surface area contributed by atoms with Crippen LogP contribution < -0.4 is 10.4 Å². The first-order valence-electron chi connectivity index (χ1n) is 10.4. The van der Waals surface area contributed by atoms with E-state index in [2.05, 4.69) is 69.3 Å². The molecule has 0 saturated carbocycles. The van der Waals surface area contributed by atoms with Crippen LogP contribution in [0.5, 0.6) is 0 Å². The molecule has 0 aliphatic rings. The highest BCUT2D eigenvalue weighted by Crippen LogP contribution is 2.36. The van der Waals surface area contributed by atoms with Gasteiger partial charge in [-0.15, -0.1) is 0 Å². The maximum absolute atomic E-state index is 11.8. The molecular weight excluding hydrogens is 388 g/mol. The number of hydrogen-bond donors (Lipinski definition) is 0. The first kappa shape index (κ1) is 23.8. The summed E-state index contributed by atoms with van der Waals surface area (Å²) in [5, 5.41) is 2.44. The Hall–Kier alpha value is -2.43. The normalized spacial score (nSPS) is 13.1. The van der Waals surface area contributed by atoms with Crippen molar-refractivity contribution in [1.29, 1.82) is 0 Å². The van der Waals surface area contributed by atoms with Crippen LogP contribution in [0, 0.1) is 0 Å². The third-order valence-corrected chi connectivity index (χ3v) is 9.70. The molecule has 0 atom stereocenters. The average molecular weight is 423 g/mol. The Morgan fingerprint density at radius 1 is 0.833 bits per heavy atom. The smallest absolute Gasteiger partial charge is 0.331 e. The predicted octanol–water partition coefficient (Wildman–Crippen LogP) is 5.02. The summed E-state index contributed by atoms with van der Waals surface area (Å²) >= 11 is 0. The minimum Gasteiger partial charge on any atom is -0.457 e. The molecule has 0 radical (unpaired) electrons. The summed E-state index contributed by atoms with van der Waals surface area (Å²) in [5.74, 6) is -0.347. The van der Waals surface area contributed by atoms with Gasteiger partial charge >= 0.3 is 5.97 Å². The Balaban J connectivity index is 2.24. The maximum Gasteiger partial charge on any atom is 0.331 e. The molecule has 2 aromatic carbocycles. The lowest BCUT2D eigenvalue weighted by Crippen LogP contribution is -2.66. The number of esters is 1. The van der Waals surface area contributed by atoms with Crippen molar-refractivity contribution in [3.05, 3.63) is 85.0 Å².